The molecule has 66 valence electrons. The highest BCUT2D eigenvalue weighted by Gasteiger charge is 1.98. The molecule has 0 N–H and O–H groups in total. The Morgan fingerprint density at radius 3 is 3.00 bits per heavy atom. The molecule has 0 aliphatic heterocycles. The van der Waals surface area contributed by atoms with Gasteiger partial charge in [0.05, 0.1) is 12.6 Å². The molecule has 2 aromatic rings. The Hall–Kier alpha value is -0.910. The number of hydrogen-bond acceptors (Lipinski definition) is 3. The van der Waals surface area contributed by atoms with Gasteiger partial charge in [-0.25, -0.2) is 9.97 Å². The molecule has 0 aliphatic rings. The average Bonchev–Trinajstić information content (AvgIpc) is 2.17. The fourth-order valence-corrected chi connectivity index (χ4v) is 1.52. The van der Waals surface area contributed by atoms with Gasteiger partial charge in [0.2, 0.25) is 0 Å². The highest BCUT2D eigenvalue weighted by atomic mass is 127. The summed E-state index contributed by atoms with van der Waals surface area (Å²) in [7, 11) is 1.65. The van der Waals surface area contributed by atoms with Crippen molar-refractivity contribution >= 4 is 33.5 Å². The summed E-state index contributed by atoms with van der Waals surface area (Å²) >= 11 is 2.09. The van der Waals surface area contributed by atoms with Crippen LogP contribution in [0.15, 0.2) is 24.4 Å². The first-order chi connectivity index (χ1) is 6.29. The first-order valence-corrected chi connectivity index (χ1v) is 4.84. The van der Waals surface area contributed by atoms with Crippen LogP contribution in [-0.4, -0.2) is 17.1 Å². The van der Waals surface area contributed by atoms with E-state index in [-0.39, 0.29) is 0 Å². The highest BCUT2D eigenvalue weighted by Crippen LogP contribution is 2.18. The molecular formula is C9H7IN2O. The van der Waals surface area contributed by atoms with E-state index in [0.29, 0.717) is 0 Å². The number of benzene rings is 1. The third-order valence-electron chi connectivity index (χ3n) is 1.76. The normalized spacial score (nSPS) is 10.3. The molecule has 0 atom stereocenters. The predicted molar refractivity (Wildman–Crippen MR) is 58.8 cm³/mol. The molecule has 0 saturated heterocycles. The molecular weight excluding hydrogens is 279 g/mol. The number of halogens is 1. The molecule has 0 spiro atoms. The maximum Gasteiger partial charge on any atom is 0.191 e. The van der Waals surface area contributed by atoms with E-state index in [2.05, 4.69) is 32.6 Å². The van der Waals surface area contributed by atoms with Gasteiger partial charge in [-0.2, -0.15) is 0 Å². The number of aromatic nitrogens is 2. The lowest BCUT2D eigenvalue weighted by molar-refractivity contribution is 0.415. The van der Waals surface area contributed by atoms with Gasteiger partial charge in [-0.3, -0.25) is 0 Å². The molecule has 3 nitrogen and oxygen atoms in total. The number of fused-ring (bicyclic) bond motifs is 1. The van der Waals surface area contributed by atoms with E-state index in [0.717, 1.165) is 20.5 Å². The van der Waals surface area contributed by atoms with Crippen LogP contribution in [0.1, 0.15) is 0 Å². The molecule has 1 aromatic heterocycles. The Morgan fingerprint density at radius 1 is 1.38 bits per heavy atom. The molecule has 4 heteroatoms. The van der Waals surface area contributed by atoms with Crippen molar-refractivity contribution in [2.24, 2.45) is 0 Å². The average molecular weight is 286 g/mol. The van der Waals surface area contributed by atoms with E-state index in [1.54, 1.807) is 13.3 Å². The van der Waals surface area contributed by atoms with Crippen LogP contribution in [0.5, 0.6) is 5.75 Å². The molecule has 0 saturated carbocycles. The van der Waals surface area contributed by atoms with Crippen LogP contribution < -0.4 is 4.74 Å². The Bertz CT molecular complexity index is 445. The van der Waals surface area contributed by atoms with Gasteiger partial charge < -0.3 is 4.74 Å². The van der Waals surface area contributed by atoms with E-state index < -0.39 is 0 Å². The van der Waals surface area contributed by atoms with Gasteiger partial charge in [0.1, 0.15) is 5.75 Å². The smallest absolute Gasteiger partial charge is 0.191 e. The molecule has 0 radical (unpaired) electrons. The van der Waals surface area contributed by atoms with E-state index in [1.165, 1.54) is 0 Å². The van der Waals surface area contributed by atoms with Crippen LogP contribution in [0.4, 0.5) is 0 Å². The Morgan fingerprint density at radius 2 is 2.23 bits per heavy atom. The van der Waals surface area contributed by atoms with Gasteiger partial charge in [-0.1, -0.05) is 0 Å². The largest absolute Gasteiger partial charge is 0.497 e. The molecule has 0 bridgehead atoms. The zero-order valence-electron chi connectivity index (χ0n) is 6.99. The maximum absolute atomic E-state index is 5.10. The standard InChI is InChI=1S/C9H7IN2O/c1-13-7-2-3-8-6(4-7)5-11-9(10)12-8/h2-5H,1H3. The van der Waals surface area contributed by atoms with Crippen LogP contribution in [0, 0.1) is 3.83 Å². The van der Waals surface area contributed by atoms with Crippen molar-refractivity contribution in [2.45, 2.75) is 0 Å². The molecule has 0 unspecified atom stereocenters. The number of rotatable bonds is 1. The van der Waals surface area contributed by atoms with Crippen molar-refractivity contribution in [3.8, 4) is 5.75 Å². The van der Waals surface area contributed by atoms with Gasteiger partial charge in [0.25, 0.3) is 0 Å². The van der Waals surface area contributed by atoms with E-state index in [9.17, 15) is 0 Å². The quantitative estimate of drug-likeness (QED) is 0.595. The molecule has 0 fully saturated rings. The summed E-state index contributed by atoms with van der Waals surface area (Å²) in [5.74, 6) is 0.831. The monoisotopic (exact) mass is 286 g/mol. The molecule has 0 aliphatic carbocycles. The lowest BCUT2D eigenvalue weighted by Gasteiger charge is -2.00. The third-order valence-corrected chi connectivity index (χ3v) is 2.28. The number of ether oxygens (including phenoxy) is 1. The van der Waals surface area contributed by atoms with Crippen molar-refractivity contribution in [1.82, 2.24) is 9.97 Å². The van der Waals surface area contributed by atoms with Crippen LogP contribution >= 0.6 is 22.6 Å². The van der Waals surface area contributed by atoms with Crippen LogP contribution in [0.2, 0.25) is 0 Å². The predicted octanol–water partition coefficient (Wildman–Crippen LogP) is 2.24. The second-order valence-corrected chi connectivity index (χ2v) is 3.53. The summed E-state index contributed by atoms with van der Waals surface area (Å²) in [6.07, 6.45) is 1.80. The molecule has 1 aromatic carbocycles. The Labute approximate surface area is 89.3 Å². The highest BCUT2D eigenvalue weighted by molar-refractivity contribution is 14.1. The van der Waals surface area contributed by atoms with Crippen LogP contribution in [0.3, 0.4) is 0 Å². The maximum atomic E-state index is 5.10. The summed E-state index contributed by atoms with van der Waals surface area (Å²) in [6, 6.07) is 5.74. The van der Waals surface area contributed by atoms with Crippen molar-refractivity contribution in [1.29, 1.82) is 0 Å². The second-order valence-electron chi connectivity index (χ2n) is 2.56. The Kier molecular flexibility index (Phi) is 2.30. The van der Waals surface area contributed by atoms with Crippen molar-refractivity contribution in [3.05, 3.63) is 28.2 Å². The van der Waals surface area contributed by atoms with Crippen LogP contribution in [-0.2, 0) is 0 Å². The first-order valence-electron chi connectivity index (χ1n) is 3.76. The molecule has 2 rings (SSSR count). The summed E-state index contributed by atoms with van der Waals surface area (Å²) in [4.78, 5) is 8.37. The Balaban J connectivity index is 2.66. The fourth-order valence-electron chi connectivity index (χ4n) is 1.12. The first kappa shape index (κ1) is 8.68. The van der Waals surface area contributed by atoms with E-state index >= 15 is 0 Å². The number of hydrogen-bond donors (Lipinski definition) is 0. The van der Waals surface area contributed by atoms with Crippen molar-refractivity contribution in [3.63, 3.8) is 0 Å². The second kappa shape index (κ2) is 3.45. The zero-order chi connectivity index (χ0) is 9.26. The molecule has 13 heavy (non-hydrogen) atoms. The van der Waals surface area contributed by atoms with Crippen LogP contribution in [0.25, 0.3) is 10.9 Å². The summed E-state index contributed by atoms with van der Waals surface area (Å²) in [5.41, 5.74) is 0.945. The molecule has 1 heterocycles. The van der Waals surface area contributed by atoms with Crippen molar-refractivity contribution in [2.75, 3.05) is 7.11 Å². The minimum Gasteiger partial charge on any atom is -0.497 e. The van der Waals surface area contributed by atoms with Gasteiger partial charge in [-0.05, 0) is 18.2 Å². The van der Waals surface area contributed by atoms with Crippen molar-refractivity contribution < 1.29 is 4.74 Å². The zero-order valence-corrected chi connectivity index (χ0v) is 9.15. The van der Waals surface area contributed by atoms with Gasteiger partial charge in [0, 0.05) is 34.2 Å². The summed E-state index contributed by atoms with van der Waals surface area (Å²) in [6.45, 7) is 0. The summed E-state index contributed by atoms with van der Waals surface area (Å²) < 4.78 is 5.85. The lowest BCUT2D eigenvalue weighted by Crippen LogP contribution is -1.88. The SMILES string of the molecule is COc1ccc2nc(I)ncc2c1. The summed E-state index contributed by atoms with van der Waals surface area (Å²) in [5, 5.41) is 1.000. The van der Waals surface area contributed by atoms with Gasteiger partial charge >= 0.3 is 0 Å². The number of methoxy groups -OCH3 is 1. The molecule has 0 amide bonds. The van der Waals surface area contributed by atoms with Gasteiger partial charge in [-0.15, -0.1) is 0 Å². The van der Waals surface area contributed by atoms with Gasteiger partial charge in [0.15, 0.2) is 3.83 Å². The van der Waals surface area contributed by atoms with E-state index in [1.807, 2.05) is 18.2 Å². The third kappa shape index (κ3) is 1.72. The lowest BCUT2D eigenvalue weighted by atomic mass is 10.2. The number of nitrogens with zero attached hydrogens (tertiary/aromatic N) is 2. The topological polar surface area (TPSA) is 35.0 Å². The minimum atomic E-state index is 0.760. The van der Waals surface area contributed by atoms with E-state index in [4.69, 9.17) is 4.74 Å². The fraction of sp³-hybridized carbons (Fsp3) is 0.111. The minimum absolute atomic E-state index is 0.760.